The van der Waals surface area contributed by atoms with Crippen LogP contribution in [0, 0.1) is 5.92 Å². The number of anilines is 1. The van der Waals surface area contributed by atoms with Gasteiger partial charge in [0.25, 0.3) is 0 Å². The fourth-order valence-electron chi connectivity index (χ4n) is 3.14. The van der Waals surface area contributed by atoms with Gasteiger partial charge in [0.1, 0.15) is 0 Å². The van der Waals surface area contributed by atoms with E-state index in [0.29, 0.717) is 0 Å². The highest BCUT2D eigenvalue weighted by Gasteiger charge is 2.31. The molecule has 3 N–H and O–H groups in total. The van der Waals surface area contributed by atoms with Crippen LogP contribution in [-0.4, -0.2) is 38.1 Å². The first kappa shape index (κ1) is 13.4. The number of nitrogens with one attached hydrogen (secondary N) is 3. The summed E-state index contributed by atoms with van der Waals surface area (Å²) in [5, 5.41) is 3.89. The SMILES string of the molecule is [NH-][NH+]1CC[C@@H](NC(=O)C2CCN(c3ccccc3)C2)C1. The molecule has 5 nitrogen and oxygen atoms in total. The highest BCUT2D eigenvalue weighted by Crippen LogP contribution is 2.23. The molecule has 1 amide bonds. The quantitative estimate of drug-likeness (QED) is 0.830. The van der Waals surface area contributed by atoms with Gasteiger partial charge in [-0.25, -0.2) is 0 Å². The molecular formula is C15H22N4O. The third-order valence-electron chi connectivity index (χ3n) is 4.31. The van der Waals surface area contributed by atoms with Crippen molar-refractivity contribution in [3.8, 4) is 0 Å². The van der Waals surface area contributed by atoms with E-state index in [2.05, 4.69) is 22.3 Å². The molecule has 0 aliphatic carbocycles. The Labute approximate surface area is 119 Å². The van der Waals surface area contributed by atoms with Gasteiger partial charge in [-0.15, -0.1) is 0 Å². The van der Waals surface area contributed by atoms with E-state index in [1.54, 1.807) is 0 Å². The lowest BCUT2D eigenvalue weighted by molar-refractivity contribution is -0.834. The van der Waals surface area contributed by atoms with Gasteiger partial charge in [0, 0.05) is 25.2 Å². The highest BCUT2D eigenvalue weighted by molar-refractivity contribution is 5.80. The first-order valence-corrected chi connectivity index (χ1v) is 7.39. The summed E-state index contributed by atoms with van der Waals surface area (Å²) in [6.07, 6.45) is 1.85. The van der Waals surface area contributed by atoms with Gasteiger partial charge in [-0.05, 0) is 18.6 Å². The normalized spacial score (nSPS) is 29.6. The number of hydrogen-bond acceptors (Lipinski definition) is 2. The third-order valence-corrected chi connectivity index (χ3v) is 4.31. The van der Waals surface area contributed by atoms with Crippen molar-refractivity contribution in [2.45, 2.75) is 18.9 Å². The number of carbonyl (C=O) groups excluding carboxylic acids is 1. The number of nitrogens with zero attached hydrogens (tertiary/aromatic N) is 1. The van der Waals surface area contributed by atoms with E-state index in [1.165, 1.54) is 5.69 Å². The van der Waals surface area contributed by atoms with Gasteiger partial charge in [-0.3, -0.25) is 4.79 Å². The minimum atomic E-state index is 0.0880. The molecule has 0 bridgehead atoms. The Balaban J connectivity index is 1.53. The second kappa shape index (κ2) is 5.81. The van der Waals surface area contributed by atoms with E-state index in [9.17, 15) is 4.79 Å². The lowest BCUT2D eigenvalue weighted by atomic mass is 10.1. The molecule has 0 saturated carbocycles. The molecular weight excluding hydrogens is 252 g/mol. The number of quaternary nitrogens is 1. The Hall–Kier alpha value is -1.59. The van der Waals surface area contributed by atoms with E-state index in [0.717, 1.165) is 44.0 Å². The Bertz CT molecular complexity index is 464. The van der Waals surface area contributed by atoms with E-state index in [4.69, 9.17) is 5.84 Å². The predicted octanol–water partition coefficient (Wildman–Crippen LogP) is 0.254. The fraction of sp³-hybridized carbons (Fsp3) is 0.533. The number of rotatable bonds is 3. The van der Waals surface area contributed by atoms with Gasteiger partial charge in [0.05, 0.1) is 25.0 Å². The van der Waals surface area contributed by atoms with E-state index in [-0.39, 0.29) is 17.9 Å². The van der Waals surface area contributed by atoms with Crippen LogP contribution in [0.4, 0.5) is 5.69 Å². The minimum absolute atomic E-state index is 0.0880. The molecule has 2 fully saturated rings. The minimum Gasteiger partial charge on any atom is -0.469 e. The van der Waals surface area contributed by atoms with Gasteiger partial charge in [-0.2, -0.15) is 0 Å². The number of hydrogen-bond donors (Lipinski definition) is 2. The molecule has 3 rings (SSSR count). The van der Waals surface area contributed by atoms with Gasteiger partial charge >= 0.3 is 0 Å². The van der Waals surface area contributed by atoms with Crippen molar-refractivity contribution in [1.82, 2.24) is 5.32 Å². The molecule has 0 spiro atoms. The predicted molar refractivity (Wildman–Crippen MR) is 78.3 cm³/mol. The second-order valence-electron chi connectivity index (χ2n) is 5.82. The summed E-state index contributed by atoms with van der Waals surface area (Å²) in [6, 6.07) is 10.5. The molecule has 2 aliphatic heterocycles. The van der Waals surface area contributed by atoms with Crippen LogP contribution in [0.3, 0.4) is 0 Å². The smallest absolute Gasteiger partial charge is 0.225 e. The van der Waals surface area contributed by atoms with Crippen molar-refractivity contribution in [2.24, 2.45) is 5.92 Å². The van der Waals surface area contributed by atoms with Crippen molar-refractivity contribution in [2.75, 3.05) is 31.1 Å². The average molecular weight is 274 g/mol. The van der Waals surface area contributed by atoms with Gasteiger partial charge in [0.15, 0.2) is 0 Å². The highest BCUT2D eigenvalue weighted by atomic mass is 16.2. The first-order chi connectivity index (χ1) is 9.72. The zero-order chi connectivity index (χ0) is 13.9. The van der Waals surface area contributed by atoms with Gasteiger partial charge in [-0.1, -0.05) is 18.2 Å². The average Bonchev–Trinajstić information content (AvgIpc) is 3.09. The summed E-state index contributed by atoms with van der Waals surface area (Å²) in [5.41, 5.74) is 1.20. The van der Waals surface area contributed by atoms with Crippen molar-refractivity contribution >= 4 is 11.6 Å². The van der Waals surface area contributed by atoms with E-state index >= 15 is 0 Å². The summed E-state index contributed by atoms with van der Waals surface area (Å²) in [4.78, 5) is 14.6. The van der Waals surface area contributed by atoms with Crippen molar-refractivity contribution < 1.29 is 9.80 Å². The Kier molecular flexibility index (Phi) is 3.89. The monoisotopic (exact) mass is 274 g/mol. The third kappa shape index (κ3) is 2.94. The van der Waals surface area contributed by atoms with Crippen LogP contribution in [0.2, 0.25) is 0 Å². The van der Waals surface area contributed by atoms with Crippen LogP contribution in [0.5, 0.6) is 0 Å². The number of para-hydroxylation sites is 1. The fourth-order valence-corrected chi connectivity index (χ4v) is 3.14. The molecule has 2 saturated heterocycles. The van der Waals surface area contributed by atoms with Crippen molar-refractivity contribution in [3.05, 3.63) is 36.2 Å². The topological polar surface area (TPSA) is 60.6 Å². The first-order valence-electron chi connectivity index (χ1n) is 7.39. The van der Waals surface area contributed by atoms with Crippen LogP contribution in [0.1, 0.15) is 12.8 Å². The second-order valence-corrected chi connectivity index (χ2v) is 5.82. The molecule has 1 aromatic rings. The van der Waals surface area contributed by atoms with Crippen LogP contribution < -0.4 is 15.2 Å². The largest absolute Gasteiger partial charge is 0.469 e. The van der Waals surface area contributed by atoms with Crippen LogP contribution in [0.15, 0.2) is 30.3 Å². The maximum atomic E-state index is 12.3. The van der Waals surface area contributed by atoms with Gasteiger partial charge < -0.3 is 21.1 Å². The summed E-state index contributed by atoms with van der Waals surface area (Å²) in [5.74, 6) is 7.88. The van der Waals surface area contributed by atoms with Crippen LogP contribution in [0.25, 0.3) is 5.84 Å². The molecule has 0 radical (unpaired) electrons. The molecule has 20 heavy (non-hydrogen) atoms. The summed E-state index contributed by atoms with van der Waals surface area (Å²) >= 11 is 0. The number of amides is 1. The molecule has 5 heteroatoms. The zero-order valence-corrected chi connectivity index (χ0v) is 11.6. The molecule has 0 aromatic heterocycles. The van der Waals surface area contributed by atoms with Gasteiger partial charge in [0.2, 0.25) is 5.91 Å². The summed E-state index contributed by atoms with van der Waals surface area (Å²) in [7, 11) is 0. The summed E-state index contributed by atoms with van der Waals surface area (Å²) in [6.45, 7) is 3.33. The van der Waals surface area contributed by atoms with Crippen molar-refractivity contribution in [1.29, 1.82) is 0 Å². The number of benzene rings is 1. The van der Waals surface area contributed by atoms with E-state index < -0.39 is 0 Å². The van der Waals surface area contributed by atoms with E-state index in [1.807, 2.05) is 18.2 Å². The maximum Gasteiger partial charge on any atom is 0.225 e. The van der Waals surface area contributed by atoms with Crippen molar-refractivity contribution in [3.63, 3.8) is 0 Å². The molecule has 2 heterocycles. The number of carbonyl (C=O) groups is 1. The lowest BCUT2D eigenvalue weighted by Gasteiger charge is -2.19. The Morgan fingerprint density at radius 3 is 2.80 bits per heavy atom. The molecule has 108 valence electrons. The molecule has 2 aliphatic rings. The van der Waals surface area contributed by atoms with Crippen LogP contribution >= 0.6 is 0 Å². The Morgan fingerprint density at radius 1 is 1.30 bits per heavy atom. The lowest BCUT2D eigenvalue weighted by Crippen LogP contribution is -3.03. The molecule has 1 aromatic carbocycles. The molecule has 3 atom stereocenters. The zero-order valence-electron chi connectivity index (χ0n) is 11.6. The standard InChI is InChI=1S/C15H22N4O/c16-19-9-7-13(11-19)17-15(20)12-6-8-18(10-12)14-4-2-1-3-5-14/h1-5,12-13,16,19H,6-11H2,(H,17,20)/t12?,13-/m1/s1. The Morgan fingerprint density at radius 2 is 2.10 bits per heavy atom. The molecule has 2 unspecified atom stereocenters. The van der Waals surface area contributed by atoms with Crippen LogP contribution in [-0.2, 0) is 4.79 Å². The summed E-state index contributed by atoms with van der Waals surface area (Å²) < 4.78 is 0. The maximum absolute atomic E-state index is 12.3.